The molecule has 0 bridgehead atoms. The van der Waals surface area contributed by atoms with Crippen molar-refractivity contribution in [3.8, 4) is 0 Å². The van der Waals surface area contributed by atoms with Gasteiger partial charge in [0.05, 0.1) is 22.0 Å². The molecule has 0 radical (unpaired) electrons. The fraction of sp³-hybridized carbons (Fsp3) is 0.391. The average molecular weight is 514 g/mol. The molecule has 0 fully saturated rings. The highest BCUT2D eigenvalue weighted by Crippen LogP contribution is 2.33. The van der Waals surface area contributed by atoms with Crippen LogP contribution in [0.2, 0.25) is 10.0 Å². The molecule has 2 amide bonds. The van der Waals surface area contributed by atoms with Crippen LogP contribution in [-0.2, 0) is 26.2 Å². The lowest BCUT2D eigenvalue weighted by atomic mass is 10.1. The quantitative estimate of drug-likeness (QED) is 0.519. The standard InChI is InChI=1S/C23H29Cl2N3O4S/c1-5-19(23(30)26-6-2)27(14-17-10-7-9-16(3)13-17)21(29)15-28(33(4,31)32)20-12-8-11-18(24)22(20)25/h7-13,19H,5-6,14-15H2,1-4H3,(H,26,30)/t19-/m1/s1. The molecule has 0 heterocycles. The Morgan fingerprint density at radius 1 is 1.09 bits per heavy atom. The smallest absolute Gasteiger partial charge is 0.244 e. The summed E-state index contributed by atoms with van der Waals surface area (Å²) >= 11 is 12.3. The molecule has 33 heavy (non-hydrogen) atoms. The largest absolute Gasteiger partial charge is 0.355 e. The lowest BCUT2D eigenvalue weighted by molar-refractivity contribution is -0.140. The summed E-state index contributed by atoms with van der Waals surface area (Å²) in [6, 6.07) is 11.4. The third-order valence-electron chi connectivity index (χ3n) is 5.05. The molecule has 7 nitrogen and oxygen atoms in total. The second-order valence-corrected chi connectivity index (χ2v) is 10.4. The van der Waals surface area contributed by atoms with Crippen molar-refractivity contribution in [2.24, 2.45) is 0 Å². The van der Waals surface area contributed by atoms with Gasteiger partial charge in [0.2, 0.25) is 21.8 Å². The Labute approximate surface area is 205 Å². The maximum absolute atomic E-state index is 13.5. The number of likely N-dealkylation sites (N-methyl/N-ethyl adjacent to an activating group) is 1. The lowest BCUT2D eigenvalue weighted by Crippen LogP contribution is -2.52. The summed E-state index contributed by atoms with van der Waals surface area (Å²) in [4.78, 5) is 27.7. The van der Waals surface area contributed by atoms with Crippen molar-refractivity contribution in [1.29, 1.82) is 0 Å². The van der Waals surface area contributed by atoms with Crippen LogP contribution in [0.1, 0.15) is 31.4 Å². The fourth-order valence-corrected chi connectivity index (χ4v) is 4.80. The number of rotatable bonds is 10. The SMILES string of the molecule is CCNC(=O)[C@@H](CC)N(Cc1cccc(C)c1)C(=O)CN(c1cccc(Cl)c1Cl)S(C)(=O)=O. The highest BCUT2D eigenvalue weighted by atomic mass is 35.5. The predicted molar refractivity (Wildman–Crippen MR) is 133 cm³/mol. The fourth-order valence-electron chi connectivity index (χ4n) is 3.50. The van der Waals surface area contributed by atoms with E-state index in [1.165, 1.54) is 17.0 Å². The van der Waals surface area contributed by atoms with Crippen molar-refractivity contribution in [2.75, 3.05) is 23.7 Å². The number of amides is 2. The van der Waals surface area contributed by atoms with E-state index in [1.807, 2.05) is 31.2 Å². The third-order valence-corrected chi connectivity index (χ3v) is 6.99. The van der Waals surface area contributed by atoms with Gasteiger partial charge in [-0.05, 0) is 38.0 Å². The summed E-state index contributed by atoms with van der Waals surface area (Å²) in [5.41, 5.74) is 1.94. The number of anilines is 1. The molecule has 0 spiro atoms. The molecule has 0 saturated heterocycles. The maximum atomic E-state index is 13.5. The van der Waals surface area contributed by atoms with E-state index in [1.54, 1.807) is 19.9 Å². The summed E-state index contributed by atoms with van der Waals surface area (Å²) in [6.07, 6.45) is 1.35. The highest BCUT2D eigenvalue weighted by molar-refractivity contribution is 7.92. The molecule has 180 valence electrons. The first-order valence-corrected chi connectivity index (χ1v) is 13.1. The molecule has 1 N–H and O–H groups in total. The van der Waals surface area contributed by atoms with Crippen LogP contribution in [0, 0.1) is 6.92 Å². The molecular weight excluding hydrogens is 485 g/mol. The molecule has 0 aliphatic heterocycles. The molecule has 2 aromatic rings. The monoisotopic (exact) mass is 513 g/mol. The minimum Gasteiger partial charge on any atom is -0.355 e. The second kappa shape index (κ2) is 11.7. The molecule has 2 aromatic carbocycles. The molecule has 0 unspecified atom stereocenters. The Kier molecular flexibility index (Phi) is 9.57. The summed E-state index contributed by atoms with van der Waals surface area (Å²) in [7, 11) is -3.89. The predicted octanol–water partition coefficient (Wildman–Crippen LogP) is 4.01. The van der Waals surface area contributed by atoms with E-state index in [0.717, 1.165) is 21.7 Å². The van der Waals surface area contributed by atoms with Crippen LogP contribution in [0.5, 0.6) is 0 Å². The molecule has 0 saturated carbocycles. The number of carbonyl (C=O) groups is 2. The Morgan fingerprint density at radius 2 is 1.76 bits per heavy atom. The van der Waals surface area contributed by atoms with E-state index in [-0.39, 0.29) is 28.2 Å². The van der Waals surface area contributed by atoms with Gasteiger partial charge in [0.15, 0.2) is 0 Å². The van der Waals surface area contributed by atoms with Crippen molar-refractivity contribution in [1.82, 2.24) is 10.2 Å². The number of hydrogen-bond donors (Lipinski definition) is 1. The van der Waals surface area contributed by atoms with E-state index >= 15 is 0 Å². The van der Waals surface area contributed by atoms with Crippen molar-refractivity contribution in [3.05, 3.63) is 63.6 Å². The topological polar surface area (TPSA) is 86.8 Å². The highest BCUT2D eigenvalue weighted by Gasteiger charge is 2.32. The van der Waals surface area contributed by atoms with E-state index in [0.29, 0.717) is 13.0 Å². The van der Waals surface area contributed by atoms with Gasteiger partial charge in [-0.2, -0.15) is 0 Å². The summed E-state index contributed by atoms with van der Waals surface area (Å²) < 4.78 is 26.1. The Hall–Kier alpha value is -2.29. The van der Waals surface area contributed by atoms with Crippen LogP contribution in [0.3, 0.4) is 0 Å². The number of aryl methyl sites for hydroxylation is 1. The number of carbonyl (C=O) groups excluding carboxylic acids is 2. The lowest BCUT2D eigenvalue weighted by Gasteiger charge is -2.33. The first kappa shape index (κ1) is 27.0. The third kappa shape index (κ3) is 7.09. The summed E-state index contributed by atoms with van der Waals surface area (Å²) in [5, 5.41) is 2.95. The number of halogens is 2. The number of nitrogens with one attached hydrogen (secondary N) is 1. The first-order chi connectivity index (χ1) is 15.5. The average Bonchev–Trinajstić information content (AvgIpc) is 2.73. The number of hydrogen-bond acceptors (Lipinski definition) is 4. The Balaban J connectivity index is 2.48. The van der Waals surface area contributed by atoms with Crippen LogP contribution < -0.4 is 9.62 Å². The van der Waals surface area contributed by atoms with E-state index in [4.69, 9.17) is 23.2 Å². The van der Waals surface area contributed by atoms with Crippen LogP contribution in [0.25, 0.3) is 0 Å². The van der Waals surface area contributed by atoms with E-state index < -0.39 is 28.5 Å². The summed E-state index contributed by atoms with van der Waals surface area (Å²) in [5.74, 6) is -0.830. The van der Waals surface area contributed by atoms with Gasteiger partial charge in [-0.1, -0.05) is 66.0 Å². The van der Waals surface area contributed by atoms with Crippen molar-refractivity contribution >= 4 is 50.7 Å². The molecule has 0 aliphatic rings. The van der Waals surface area contributed by atoms with Crippen molar-refractivity contribution < 1.29 is 18.0 Å². The van der Waals surface area contributed by atoms with Crippen LogP contribution in [-0.4, -0.2) is 50.5 Å². The van der Waals surface area contributed by atoms with Crippen molar-refractivity contribution in [3.63, 3.8) is 0 Å². The van der Waals surface area contributed by atoms with Crippen LogP contribution in [0.15, 0.2) is 42.5 Å². The molecule has 2 rings (SSSR count). The zero-order valence-electron chi connectivity index (χ0n) is 19.1. The normalized spacial score (nSPS) is 12.2. The molecule has 1 atom stereocenters. The zero-order chi connectivity index (χ0) is 24.8. The number of benzene rings is 2. The first-order valence-electron chi connectivity index (χ1n) is 10.5. The molecule has 0 aliphatic carbocycles. The van der Waals surface area contributed by atoms with Gasteiger partial charge >= 0.3 is 0 Å². The van der Waals surface area contributed by atoms with Gasteiger partial charge in [-0.3, -0.25) is 13.9 Å². The van der Waals surface area contributed by atoms with Gasteiger partial charge in [0.1, 0.15) is 12.6 Å². The summed E-state index contributed by atoms with van der Waals surface area (Å²) in [6.45, 7) is 5.57. The van der Waals surface area contributed by atoms with Crippen LogP contribution in [0.4, 0.5) is 5.69 Å². The molecule has 10 heteroatoms. The van der Waals surface area contributed by atoms with Crippen LogP contribution >= 0.6 is 23.2 Å². The van der Waals surface area contributed by atoms with Gasteiger partial charge in [-0.15, -0.1) is 0 Å². The molecule has 0 aromatic heterocycles. The van der Waals surface area contributed by atoms with Gasteiger partial charge < -0.3 is 10.2 Å². The Bertz CT molecular complexity index is 1110. The number of nitrogens with zero attached hydrogens (tertiary/aromatic N) is 2. The molecular formula is C23H29Cl2N3O4S. The van der Waals surface area contributed by atoms with E-state index in [2.05, 4.69) is 5.32 Å². The Morgan fingerprint density at radius 3 is 2.33 bits per heavy atom. The maximum Gasteiger partial charge on any atom is 0.244 e. The van der Waals surface area contributed by atoms with Gasteiger partial charge in [0.25, 0.3) is 0 Å². The minimum atomic E-state index is -3.89. The number of sulfonamides is 1. The second-order valence-electron chi connectivity index (χ2n) is 7.67. The minimum absolute atomic E-state index is 0.0263. The zero-order valence-corrected chi connectivity index (χ0v) is 21.5. The van der Waals surface area contributed by atoms with Gasteiger partial charge in [0, 0.05) is 13.1 Å². The van der Waals surface area contributed by atoms with Crippen molar-refractivity contribution in [2.45, 2.75) is 39.8 Å². The van der Waals surface area contributed by atoms with Gasteiger partial charge in [-0.25, -0.2) is 8.42 Å². The van der Waals surface area contributed by atoms with E-state index in [9.17, 15) is 18.0 Å².